The second kappa shape index (κ2) is 5.60. The van der Waals surface area contributed by atoms with E-state index in [2.05, 4.69) is 10.2 Å². The second-order valence-electron chi connectivity index (χ2n) is 4.26. The SMILES string of the molecule is COc1ccc(N)cc1C(=O)OCc1nnc(C)n1C. The van der Waals surface area contributed by atoms with Crippen molar-refractivity contribution in [1.82, 2.24) is 14.8 Å². The lowest BCUT2D eigenvalue weighted by molar-refractivity contribution is 0.0455. The van der Waals surface area contributed by atoms with Gasteiger partial charge in [0.15, 0.2) is 12.4 Å². The first-order valence-corrected chi connectivity index (χ1v) is 5.98. The molecule has 2 rings (SSSR count). The van der Waals surface area contributed by atoms with Gasteiger partial charge in [-0.2, -0.15) is 0 Å². The molecule has 7 heteroatoms. The van der Waals surface area contributed by atoms with Crippen molar-refractivity contribution >= 4 is 11.7 Å². The molecule has 0 aliphatic heterocycles. The Morgan fingerprint density at radius 1 is 1.40 bits per heavy atom. The van der Waals surface area contributed by atoms with Crippen LogP contribution in [0.15, 0.2) is 18.2 Å². The topological polar surface area (TPSA) is 92.3 Å². The van der Waals surface area contributed by atoms with Gasteiger partial charge >= 0.3 is 5.97 Å². The van der Waals surface area contributed by atoms with Crippen molar-refractivity contribution in [1.29, 1.82) is 0 Å². The van der Waals surface area contributed by atoms with Crippen LogP contribution in [-0.4, -0.2) is 27.8 Å². The molecular weight excluding hydrogens is 260 g/mol. The molecule has 1 aromatic heterocycles. The molecule has 1 heterocycles. The molecule has 0 spiro atoms. The molecule has 0 saturated carbocycles. The van der Waals surface area contributed by atoms with E-state index >= 15 is 0 Å². The monoisotopic (exact) mass is 276 g/mol. The molecule has 20 heavy (non-hydrogen) atoms. The molecule has 1 aromatic carbocycles. The van der Waals surface area contributed by atoms with E-state index < -0.39 is 5.97 Å². The number of hydrogen-bond donors (Lipinski definition) is 1. The zero-order chi connectivity index (χ0) is 14.7. The van der Waals surface area contributed by atoms with Crippen LogP contribution in [0.4, 0.5) is 5.69 Å². The summed E-state index contributed by atoms with van der Waals surface area (Å²) in [6, 6.07) is 4.79. The minimum atomic E-state index is -0.519. The van der Waals surface area contributed by atoms with Gasteiger partial charge in [0.05, 0.1) is 7.11 Å². The van der Waals surface area contributed by atoms with Crippen molar-refractivity contribution in [2.24, 2.45) is 7.05 Å². The van der Waals surface area contributed by atoms with Crippen molar-refractivity contribution in [3.8, 4) is 5.75 Å². The van der Waals surface area contributed by atoms with Crippen LogP contribution in [0.25, 0.3) is 0 Å². The summed E-state index contributed by atoms with van der Waals surface area (Å²) in [7, 11) is 3.29. The number of carbonyl (C=O) groups excluding carboxylic acids is 1. The quantitative estimate of drug-likeness (QED) is 0.663. The number of nitrogen functional groups attached to an aromatic ring is 1. The average molecular weight is 276 g/mol. The average Bonchev–Trinajstić information content (AvgIpc) is 2.76. The van der Waals surface area contributed by atoms with Crippen molar-refractivity contribution < 1.29 is 14.3 Å². The Kier molecular flexibility index (Phi) is 3.88. The summed E-state index contributed by atoms with van der Waals surface area (Å²) in [5.74, 6) is 1.21. The molecule has 0 fully saturated rings. The minimum absolute atomic E-state index is 0.0358. The third-order valence-electron chi connectivity index (χ3n) is 2.96. The third kappa shape index (κ3) is 2.71. The Morgan fingerprint density at radius 3 is 2.75 bits per heavy atom. The van der Waals surface area contributed by atoms with Crippen LogP contribution in [0.5, 0.6) is 5.75 Å². The van der Waals surface area contributed by atoms with E-state index in [9.17, 15) is 4.79 Å². The molecule has 2 N–H and O–H groups in total. The summed E-state index contributed by atoms with van der Waals surface area (Å²) in [5, 5.41) is 7.81. The van der Waals surface area contributed by atoms with Crippen LogP contribution in [0.1, 0.15) is 22.0 Å². The highest BCUT2D eigenvalue weighted by Crippen LogP contribution is 2.22. The molecule has 0 radical (unpaired) electrons. The maximum atomic E-state index is 12.1. The number of aromatic nitrogens is 3. The molecule has 0 unspecified atom stereocenters. The first-order valence-electron chi connectivity index (χ1n) is 5.98. The van der Waals surface area contributed by atoms with E-state index in [1.165, 1.54) is 13.2 Å². The van der Waals surface area contributed by atoms with Gasteiger partial charge in [-0.05, 0) is 25.1 Å². The van der Waals surface area contributed by atoms with E-state index in [0.717, 1.165) is 5.82 Å². The number of benzene rings is 1. The summed E-state index contributed by atoms with van der Waals surface area (Å²) >= 11 is 0. The molecule has 2 aromatic rings. The predicted octanol–water partition coefficient (Wildman–Crippen LogP) is 1.07. The van der Waals surface area contributed by atoms with Crippen molar-refractivity contribution in [2.45, 2.75) is 13.5 Å². The highest BCUT2D eigenvalue weighted by Gasteiger charge is 2.15. The molecule has 0 amide bonds. The number of methoxy groups -OCH3 is 1. The number of nitrogens with zero attached hydrogens (tertiary/aromatic N) is 3. The Hall–Kier alpha value is -2.57. The van der Waals surface area contributed by atoms with Gasteiger partial charge in [0.2, 0.25) is 0 Å². The molecule has 0 atom stereocenters. The maximum absolute atomic E-state index is 12.1. The number of rotatable bonds is 4. The van der Waals surface area contributed by atoms with E-state index in [1.807, 2.05) is 6.92 Å². The molecule has 0 saturated heterocycles. The Labute approximate surface area is 116 Å². The highest BCUT2D eigenvalue weighted by atomic mass is 16.5. The van der Waals surface area contributed by atoms with Gasteiger partial charge in [0.1, 0.15) is 17.1 Å². The summed E-state index contributed by atoms with van der Waals surface area (Å²) in [5.41, 5.74) is 6.41. The number of esters is 1. The first kappa shape index (κ1) is 13.9. The van der Waals surface area contributed by atoms with Crippen molar-refractivity contribution in [3.05, 3.63) is 35.4 Å². The van der Waals surface area contributed by atoms with Crippen LogP contribution < -0.4 is 10.5 Å². The highest BCUT2D eigenvalue weighted by molar-refractivity contribution is 5.93. The van der Waals surface area contributed by atoms with Crippen LogP contribution in [-0.2, 0) is 18.4 Å². The Morgan fingerprint density at radius 2 is 2.15 bits per heavy atom. The molecule has 0 bridgehead atoms. The number of nitrogens with two attached hydrogens (primary N) is 1. The Balaban J connectivity index is 2.12. The molecular formula is C13H16N4O3. The fourth-order valence-corrected chi connectivity index (χ4v) is 1.67. The van der Waals surface area contributed by atoms with Gasteiger partial charge in [-0.1, -0.05) is 0 Å². The van der Waals surface area contributed by atoms with E-state index in [1.54, 1.807) is 23.7 Å². The van der Waals surface area contributed by atoms with E-state index in [4.69, 9.17) is 15.2 Å². The number of anilines is 1. The van der Waals surface area contributed by atoms with Gasteiger partial charge in [-0.15, -0.1) is 10.2 Å². The molecule has 7 nitrogen and oxygen atoms in total. The summed E-state index contributed by atoms with van der Waals surface area (Å²) in [4.78, 5) is 12.1. The number of hydrogen-bond acceptors (Lipinski definition) is 6. The predicted molar refractivity (Wildman–Crippen MR) is 72.3 cm³/mol. The van der Waals surface area contributed by atoms with Crippen LogP contribution >= 0.6 is 0 Å². The molecule has 0 aliphatic rings. The Bertz CT molecular complexity index is 637. The number of carbonyl (C=O) groups is 1. The van der Waals surface area contributed by atoms with Gasteiger partial charge in [0.25, 0.3) is 0 Å². The number of ether oxygens (including phenoxy) is 2. The van der Waals surface area contributed by atoms with E-state index in [-0.39, 0.29) is 12.2 Å². The fraction of sp³-hybridized carbons (Fsp3) is 0.308. The van der Waals surface area contributed by atoms with Crippen molar-refractivity contribution in [3.63, 3.8) is 0 Å². The zero-order valence-electron chi connectivity index (χ0n) is 11.6. The normalized spacial score (nSPS) is 10.3. The molecule has 0 aliphatic carbocycles. The smallest absolute Gasteiger partial charge is 0.342 e. The summed E-state index contributed by atoms with van der Waals surface area (Å²) in [6.07, 6.45) is 0. The second-order valence-corrected chi connectivity index (χ2v) is 4.26. The standard InChI is InChI=1S/C13H16N4O3/c1-8-15-16-12(17(8)2)7-20-13(18)10-6-9(14)4-5-11(10)19-3/h4-6H,7,14H2,1-3H3. The number of aryl methyl sites for hydroxylation is 1. The minimum Gasteiger partial charge on any atom is -0.496 e. The third-order valence-corrected chi connectivity index (χ3v) is 2.96. The largest absolute Gasteiger partial charge is 0.496 e. The molecule has 106 valence electrons. The lowest BCUT2D eigenvalue weighted by Crippen LogP contribution is -2.10. The summed E-state index contributed by atoms with van der Waals surface area (Å²) in [6.45, 7) is 1.85. The summed E-state index contributed by atoms with van der Waals surface area (Å²) < 4.78 is 12.1. The van der Waals surface area contributed by atoms with Crippen molar-refractivity contribution in [2.75, 3.05) is 12.8 Å². The van der Waals surface area contributed by atoms with Crippen LogP contribution in [0.3, 0.4) is 0 Å². The maximum Gasteiger partial charge on any atom is 0.342 e. The lowest BCUT2D eigenvalue weighted by Gasteiger charge is -2.09. The van der Waals surface area contributed by atoms with Crippen LogP contribution in [0.2, 0.25) is 0 Å². The van der Waals surface area contributed by atoms with Gasteiger partial charge in [0, 0.05) is 12.7 Å². The fourth-order valence-electron chi connectivity index (χ4n) is 1.67. The lowest BCUT2D eigenvalue weighted by atomic mass is 10.2. The van der Waals surface area contributed by atoms with Crippen LogP contribution in [0, 0.1) is 6.92 Å². The zero-order valence-corrected chi connectivity index (χ0v) is 11.6. The van der Waals surface area contributed by atoms with E-state index in [0.29, 0.717) is 17.3 Å². The van der Waals surface area contributed by atoms with Gasteiger partial charge in [-0.3, -0.25) is 0 Å². The first-order chi connectivity index (χ1) is 9.52. The van der Waals surface area contributed by atoms with Gasteiger partial charge in [-0.25, -0.2) is 4.79 Å². The van der Waals surface area contributed by atoms with Gasteiger partial charge < -0.3 is 19.8 Å².